The summed E-state index contributed by atoms with van der Waals surface area (Å²) in [6.45, 7) is 4.60. The van der Waals surface area contributed by atoms with Gasteiger partial charge in [-0.1, -0.05) is 35.9 Å². The molecule has 118 valence electrons. The molecule has 2 amide bonds. The summed E-state index contributed by atoms with van der Waals surface area (Å²) in [4.78, 5) is 26.3. The number of anilines is 2. The van der Waals surface area contributed by atoms with Crippen LogP contribution in [0.3, 0.4) is 0 Å². The van der Waals surface area contributed by atoms with Gasteiger partial charge in [-0.15, -0.1) is 0 Å². The fourth-order valence-electron chi connectivity index (χ4n) is 2.98. The van der Waals surface area contributed by atoms with Gasteiger partial charge in [-0.25, -0.2) is 0 Å². The molecule has 1 aliphatic rings. The van der Waals surface area contributed by atoms with Crippen molar-refractivity contribution < 1.29 is 9.59 Å². The molecule has 0 saturated carbocycles. The summed E-state index contributed by atoms with van der Waals surface area (Å²) < 4.78 is 0. The van der Waals surface area contributed by atoms with E-state index in [-0.39, 0.29) is 18.2 Å². The fraction of sp³-hybridized carbons (Fsp3) is 0.263. The lowest BCUT2D eigenvalue weighted by molar-refractivity contribution is -0.125. The van der Waals surface area contributed by atoms with Crippen LogP contribution in [0.1, 0.15) is 23.1 Å². The van der Waals surface area contributed by atoms with E-state index in [4.69, 9.17) is 0 Å². The van der Waals surface area contributed by atoms with Gasteiger partial charge >= 0.3 is 0 Å². The minimum absolute atomic E-state index is 0.137. The second kappa shape index (κ2) is 6.24. The molecule has 0 unspecified atom stereocenters. The second-order valence-electron chi connectivity index (χ2n) is 5.97. The van der Waals surface area contributed by atoms with Crippen LogP contribution < -0.4 is 10.2 Å². The van der Waals surface area contributed by atoms with Crippen molar-refractivity contribution in [3.05, 3.63) is 59.2 Å². The first-order chi connectivity index (χ1) is 11.0. The van der Waals surface area contributed by atoms with Gasteiger partial charge < -0.3 is 10.2 Å². The Morgan fingerprint density at radius 3 is 2.70 bits per heavy atom. The number of carbonyl (C=O) groups excluding carboxylic acids is 2. The molecule has 1 aliphatic heterocycles. The quantitative estimate of drug-likeness (QED) is 0.885. The van der Waals surface area contributed by atoms with E-state index in [9.17, 15) is 9.59 Å². The average molecular weight is 308 g/mol. The highest BCUT2D eigenvalue weighted by Crippen LogP contribution is 2.28. The molecule has 0 atom stereocenters. The molecular formula is C19H20N2O2. The Labute approximate surface area is 136 Å². The van der Waals surface area contributed by atoms with Gasteiger partial charge in [0.25, 0.3) is 0 Å². The minimum atomic E-state index is -0.272. The number of nitrogens with zero attached hydrogens (tertiary/aromatic N) is 1. The molecule has 0 spiro atoms. The molecule has 1 heterocycles. The predicted octanol–water partition coefficient (Wildman–Crippen LogP) is 3.22. The van der Waals surface area contributed by atoms with Gasteiger partial charge in [-0.05, 0) is 43.5 Å². The molecule has 0 bridgehead atoms. The normalized spacial score (nSPS) is 12.9. The summed E-state index contributed by atoms with van der Waals surface area (Å²) >= 11 is 0. The molecule has 4 heteroatoms. The number of rotatable bonds is 3. The first-order valence-corrected chi connectivity index (χ1v) is 7.80. The molecule has 1 N–H and O–H groups in total. The lowest BCUT2D eigenvalue weighted by Crippen LogP contribution is -2.32. The Morgan fingerprint density at radius 2 is 1.91 bits per heavy atom. The van der Waals surface area contributed by atoms with Crippen molar-refractivity contribution in [1.29, 1.82) is 0 Å². The zero-order valence-electron chi connectivity index (χ0n) is 13.4. The van der Waals surface area contributed by atoms with E-state index in [1.165, 1.54) is 0 Å². The predicted molar refractivity (Wildman–Crippen MR) is 91.7 cm³/mol. The number of amides is 2. The van der Waals surface area contributed by atoms with E-state index < -0.39 is 0 Å². The largest absolute Gasteiger partial charge is 0.325 e. The van der Waals surface area contributed by atoms with E-state index in [0.29, 0.717) is 6.54 Å². The van der Waals surface area contributed by atoms with Crippen LogP contribution >= 0.6 is 0 Å². The van der Waals surface area contributed by atoms with Gasteiger partial charge in [-0.2, -0.15) is 0 Å². The van der Waals surface area contributed by atoms with E-state index in [1.807, 2.05) is 56.3 Å². The molecule has 23 heavy (non-hydrogen) atoms. The van der Waals surface area contributed by atoms with Crippen LogP contribution in [0.5, 0.6) is 0 Å². The van der Waals surface area contributed by atoms with Crippen molar-refractivity contribution in [1.82, 2.24) is 0 Å². The van der Waals surface area contributed by atoms with Crippen molar-refractivity contribution in [2.75, 3.05) is 16.8 Å². The van der Waals surface area contributed by atoms with Crippen molar-refractivity contribution in [2.45, 2.75) is 26.7 Å². The minimum Gasteiger partial charge on any atom is -0.325 e. The number of benzene rings is 2. The van der Waals surface area contributed by atoms with Crippen LogP contribution in [0.4, 0.5) is 11.4 Å². The third kappa shape index (κ3) is 3.26. The third-order valence-corrected chi connectivity index (χ3v) is 4.16. The van der Waals surface area contributed by atoms with E-state index >= 15 is 0 Å². The third-order valence-electron chi connectivity index (χ3n) is 4.16. The fourth-order valence-corrected chi connectivity index (χ4v) is 2.98. The molecule has 2 aromatic carbocycles. The lowest BCUT2D eigenvalue weighted by Gasteiger charge is -2.17. The molecule has 0 fully saturated rings. The summed E-state index contributed by atoms with van der Waals surface area (Å²) in [5, 5.41) is 2.83. The van der Waals surface area contributed by atoms with Crippen molar-refractivity contribution in [3.63, 3.8) is 0 Å². The lowest BCUT2D eigenvalue weighted by atomic mass is 10.1. The number of carbonyl (C=O) groups is 2. The Kier molecular flexibility index (Phi) is 4.15. The topological polar surface area (TPSA) is 49.4 Å². The number of hydrogen-bond donors (Lipinski definition) is 1. The maximum atomic E-state index is 12.4. The Bertz CT molecular complexity index is 768. The maximum absolute atomic E-state index is 12.4. The van der Waals surface area contributed by atoms with Crippen LogP contribution in [0.2, 0.25) is 0 Å². The first kappa shape index (κ1) is 15.3. The van der Waals surface area contributed by atoms with Crippen LogP contribution in [-0.2, 0) is 16.0 Å². The molecule has 2 aromatic rings. The van der Waals surface area contributed by atoms with Gasteiger partial charge in [0.1, 0.15) is 6.42 Å². The summed E-state index contributed by atoms with van der Waals surface area (Å²) in [6, 6.07) is 13.7. The highest BCUT2D eigenvalue weighted by Gasteiger charge is 2.25. The highest BCUT2D eigenvalue weighted by atomic mass is 16.2. The van der Waals surface area contributed by atoms with Crippen LogP contribution in [0, 0.1) is 13.8 Å². The van der Waals surface area contributed by atoms with Gasteiger partial charge in [-0.3, -0.25) is 9.59 Å². The van der Waals surface area contributed by atoms with E-state index in [2.05, 4.69) is 5.32 Å². The number of fused-ring (bicyclic) bond motifs is 1. The van der Waals surface area contributed by atoms with Crippen molar-refractivity contribution >= 4 is 23.2 Å². The Morgan fingerprint density at radius 1 is 1.13 bits per heavy atom. The average Bonchev–Trinajstić information content (AvgIpc) is 2.94. The molecular weight excluding hydrogens is 288 g/mol. The molecule has 0 saturated heterocycles. The number of nitrogens with one attached hydrogen (secondary N) is 1. The monoisotopic (exact) mass is 308 g/mol. The summed E-state index contributed by atoms with van der Waals surface area (Å²) in [6.07, 6.45) is 0.711. The van der Waals surface area contributed by atoms with Crippen molar-refractivity contribution in [2.24, 2.45) is 0 Å². The number of para-hydroxylation sites is 1. The van der Waals surface area contributed by atoms with Crippen LogP contribution in [0.15, 0.2) is 42.5 Å². The smallest absolute Gasteiger partial charge is 0.236 e. The van der Waals surface area contributed by atoms with Crippen molar-refractivity contribution in [3.8, 4) is 0 Å². The SMILES string of the molecule is Cc1ccc(NC(=O)CC(=O)N2CCc3ccccc32)c(C)c1. The van der Waals surface area contributed by atoms with E-state index in [0.717, 1.165) is 34.5 Å². The molecule has 3 rings (SSSR count). The summed E-state index contributed by atoms with van der Waals surface area (Å²) in [7, 11) is 0. The Hall–Kier alpha value is -2.62. The first-order valence-electron chi connectivity index (χ1n) is 7.80. The standard InChI is InChI=1S/C19H20N2O2/c1-13-7-8-16(14(2)11-13)20-18(22)12-19(23)21-10-9-15-5-3-4-6-17(15)21/h3-8,11H,9-10,12H2,1-2H3,(H,20,22). The summed E-state index contributed by atoms with van der Waals surface area (Å²) in [5.41, 5.74) is 4.99. The number of hydrogen-bond acceptors (Lipinski definition) is 2. The molecule has 0 radical (unpaired) electrons. The second-order valence-corrected chi connectivity index (χ2v) is 5.97. The summed E-state index contributed by atoms with van der Waals surface area (Å²) in [5.74, 6) is -0.427. The number of aryl methyl sites for hydroxylation is 2. The zero-order valence-corrected chi connectivity index (χ0v) is 13.4. The molecule has 4 nitrogen and oxygen atoms in total. The zero-order chi connectivity index (χ0) is 16.4. The van der Waals surface area contributed by atoms with Gasteiger partial charge in [0, 0.05) is 17.9 Å². The Balaban J connectivity index is 1.65. The maximum Gasteiger partial charge on any atom is 0.236 e. The van der Waals surface area contributed by atoms with Crippen LogP contribution in [0.25, 0.3) is 0 Å². The van der Waals surface area contributed by atoms with Crippen LogP contribution in [-0.4, -0.2) is 18.4 Å². The van der Waals surface area contributed by atoms with Gasteiger partial charge in [0.15, 0.2) is 0 Å². The van der Waals surface area contributed by atoms with Gasteiger partial charge in [0.05, 0.1) is 0 Å². The highest BCUT2D eigenvalue weighted by molar-refractivity contribution is 6.09. The molecule has 0 aromatic heterocycles. The van der Waals surface area contributed by atoms with E-state index in [1.54, 1.807) is 4.90 Å². The molecule has 0 aliphatic carbocycles. The van der Waals surface area contributed by atoms with Gasteiger partial charge in [0.2, 0.25) is 11.8 Å².